The number of rotatable bonds is 4. The molecule has 0 saturated heterocycles. The van der Waals surface area contributed by atoms with Crippen molar-refractivity contribution in [3.8, 4) is 0 Å². The van der Waals surface area contributed by atoms with Gasteiger partial charge in [-0.25, -0.2) is 4.39 Å². The van der Waals surface area contributed by atoms with Crippen LogP contribution in [0.2, 0.25) is 0 Å². The number of hydrogen-bond donors (Lipinski definition) is 0. The van der Waals surface area contributed by atoms with Crippen LogP contribution in [0.25, 0.3) is 0 Å². The molecule has 0 aliphatic carbocycles. The van der Waals surface area contributed by atoms with E-state index in [4.69, 9.17) is 4.74 Å². The normalized spacial score (nSPS) is 12.2. The van der Waals surface area contributed by atoms with Gasteiger partial charge >= 0.3 is 5.97 Å². The molecule has 1 unspecified atom stereocenters. The van der Waals surface area contributed by atoms with E-state index in [0.29, 0.717) is 18.6 Å². The van der Waals surface area contributed by atoms with Gasteiger partial charge in [0.05, 0.1) is 6.61 Å². The molecule has 0 aliphatic heterocycles. The highest BCUT2D eigenvalue weighted by Crippen LogP contribution is 2.17. The van der Waals surface area contributed by atoms with Crippen LogP contribution in [-0.2, 0) is 16.0 Å². The van der Waals surface area contributed by atoms with Crippen molar-refractivity contribution < 1.29 is 13.9 Å². The van der Waals surface area contributed by atoms with Crippen molar-refractivity contribution in [2.45, 2.75) is 25.1 Å². The van der Waals surface area contributed by atoms with Crippen molar-refractivity contribution in [2.24, 2.45) is 0 Å². The Morgan fingerprint density at radius 1 is 1.56 bits per heavy atom. The maximum Gasteiger partial charge on any atom is 0.320 e. The number of esters is 1. The lowest BCUT2D eigenvalue weighted by molar-refractivity contribution is -0.142. The molecule has 0 saturated carbocycles. The van der Waals surface area contributed by atoms with Crippen LogP contribution in [0.15, 0.2) is 18.2 Å². The van der Waals surface area contributed by atoms with Gasteiger partial charge in [0.15, 0.2) is 0 Å². The van der Waals surface area contributed by atoms with Gasteiger partial charge in [-0.3, -0.25) is 4.79 Å². The second kappa shape index (κ2) is 5.99. The lowest BCUT2D eigenvalue weighted by Crippen LogP contribution is -2.20. The topological polar surface area (TPSA) is 26.3 Å². The maximum absolute atomic E-state index is 13.2. The number of benzene rings is 1. The molecule has 0 radical (unpaired) electrons. The third kappa shape index (κ3) is 3.30. The molecule has 4 heteroatoms. The predicted molar refractivity (Wildman–Crippen MR) is 64.2 cm³/mol. The van der Waals surface area contributed by atoms with Crippen molar-refractivity contribution >= 4 is 21.9 Å². The van der Waals surface area contributed by atoms with Crippen molar-refractivity contribution in [3.05, 3.63) is 35.1 Å². The average molecular weight is 289 g/mol. The minimum atomic E-state index is -0.423. The minimum Gasteiger partial charge on any atom is -0.465 e. The smallest absolute Gasteiger partial charge is 0.320 e. The number of alkyl halides is 1. The van der Waals surface area contributed by atoms with Crippen molar-refractivity contribution in [1.82, 2.24) is 0 Å². The Balaban J connectivity index is 2.73. The molecule has 88 valence electrons. The lowest BCUT2D eigenvalue weighted by Gasteiger charge is -2.11. The summed E-state index contributed by atoms with van der Waals surface area (Å²) in [6, 6.07) is 4.86. The number of halogens is 2. The molecule has 0 spiro atoms. The van der Waals surface area contributed by atoms with Crippen LogP contribution in [-0.4, -0.2) is 17.4 Å². The molecule has 0 N–H and O–H groups in total. The van der Waals surface area contributed by atoms with Crippen molar-refractivity contribution in [2.75, 3.05) is 6.61 Å². The summed E-state index contributed by atoms with van der Waals surface area (Å²) in [4.78, 5) is 11.0. The third-order valence-electron chi connectivity index (χ3n) is 2.32. The summed E-state index contributed by atoms with van der Waals surface area (Å²) in [6.45, 7) is 3.81. The first kappa shape index (κ1) is 13.2. The van der Waals surface area contributed by atoms with Crippen LogP contribution in [0.5, 0.6) is 0 Å². The molecule has 1 atom stereocenters. The van der Waals surface area contributed by atoms with Gasteiger partial charge in [0.25, 0.3) is 0 Å². The average Bonchev–Trinajstić information content (AvgIpc) is 2.25. The first-order valence-electron chi connectivity index (χ1n) is 5.11. The number of hydrogen-bond acceptors (Lipinski definition) is 2. The molecule has 1 rings (SSSR count). The standard InChI is InChI=1S/C12H14BrFO2/c1-3-16-12(15)10(13)7-9-5-4-6-11(14)8(9)2/h4-6,10H,3,7H2,1-2H3. The Bertz CT molecular complexity index is 379. The molecule has 0 amide bonds. The monoisotopic (exact) mass is 288 g/mol. The Labute approximate surface area is 103 Å². The van der Waals surface area contributed by atoms with Crippen LogP contribution in [0.3, 0.4) is 0 Å². The molecule has 1 aromatic carbocycles. The highest BCUT2D eigenvalue weighted by atomic mass is 79.9. The van der Waals surface area contributed by atoms with E-state index in [1.807, 2.05) is 6.07 Å². The largest absolute Gasteiger partial charge is 0.465 e. The molecule has 0 fully saturated rings. The maximum atomic E-state index is 13.2. The first-order chi connectivity index (χ1) is 7.56. The fourth-order valence-corrected chi connectivity index (χ4v) is 1.86. The van der Waals surface area contributed by atoms with E-state index < -0.39 is 4.83 Å². The van der Waals surface area contributed by atoms with E-state index in [2.05, 4.69) is 15.9 Å². The second-order valence-corrected chi connectivity index (χ2v) is 4.55. The lowest BCUT2D eigenvalue weighted by atomic mass is 10.0. The summed E-state index contributed by atoms with van der Waals surface area (Å²) in [5.41, 5.74) is 1.39. The molecular formula is C12H14BrFO2. The number of carbonyl (C=O) groups excluding carboxylic acids is 1. The molecule has 1 aromatic rings. The zero-order valence-electron chi connectivity index (χ0n) is 9.30. The third-order valence-corrected chi connectivity index (χ3v) is 3.02. The SMILES string of the molecule is CCOC(=O)C(Br)Cc1cccc(F)c1C. The van der Waals surface area contributed by atoms with E-state index in [-0.39, 0.29) is 11.8 Å². The number of ether oxygens (including phenoxy) is 1. The number of carbonyl (C=O) groups is 1. The predicted octanol–water partition coefficient (Wildman–Crippen LogP) is 3.00. The Morgan fingerprint density at radius 2 is 2.25 bits per heavy atom. The zero-order chi connectivity index (χ0) is 12.1. The molecule has 0 aromatic heterocycles. The van der Waals surface area contributed by atoms with Gasteiger partial charge in [-0.1, -0.05) is 28.1 Å². The van der Waals surface area contributed by atoms with Gasteiger partial charge in [-0.2, -0.15) is 0 Å². The highest BCUT2D eigenvalue weighted by molar-refractivity contribution is 9.10. The van der Waals surface area contributed by atoms with Gasteiger partial charge in [-0.05, 0) is 37.5 Å². The molecule has 0 aliphatic rings. The van der Waals surface area contributed by atoms with Gasteiger partial charge < -0.3 is 4.74 Å². The summed E-state index contributed by atoms with van der Waals surface area (Å²) in [6.07, 6.45) is 0.433. The van der Waals surface area contributed by atoms with Crippen molar-refractivity contribution in [3.63, 3.8) is 0 Å². The Hall–Kier alpha value is -0.900. The zero-order valence-corrected chi connectivity index (χ0v) is 10.9. The molecule has 0 bridgehead atoms. The van der Waals surface area contributed by atoms with Gasteiger partial charge in [-0.15, -0.1) is 0 Å². The Morgan fingerprint density at radius 3 is 2.88 bits per heavy atom. The molecule has 16 heavy (non-hydrogen) atoms. The summed E-state index contributed by atoms with van der Waals surface area (Å²) in [5.74, 6) is -0.563. The van der Waals surface area contributed by atoms with Crippen LogP contribution in [0.4, 0.5) is 4.39 Å². The summed E-state index contributed by atoms with van der Waals surface area (Å²) in [7, 11) is 0. The summed E-state index contributed by atoms with van der Waals surface area (Å²) >= 11 is 3.24. The fraction of sp³-hybridized carbons (Fsp3) is 0.417. The van der Waals surface area contributed by atoms with E-state index >= 15 is 0 Å². The summed E-state index contributed by atoms with van der Waals surface area (Å²) < 4.78 is 18.1. The van der Waals surface area contributed by atoms with Crippen LogP contribution in [0.1, 0.15) is 18.1 Å². The quantitative estimate of drug-likeness (QED) is 0.629. The summed E-state index contributed by atoms with van der Waals surface area (Å²) in [5, 5.41) is 0. The van der Waals surface area contributed by atoms with E-state index in [9.17, 15) is 9.18 Å². The van der Waals surface area contributed by atoms with Gasteiger partial charge in [0, 0.05) is 0 Å². The molecular weight excluding hydrogens is 275 g/mol. The van der Waals surface area contributed by atoms with E-state index in [0.717, 1.165) is 5.56 Å². The van der Waals surface area contributed by atoms with Crippen LogP contribution in [0, 0.1) is 12.7 Å². The van der Waals surface area contributed by atoms with E-state index in [1.165, 1.54) is 6.07 Å². The van der Waals surface area contributed by atoms with Crippen LogP contribution < -0.4 is 0 Å². The molecule has 2 nitrogen and oxygen atoms in total. The van der Waals surface area contributed by atoms with Gasteiger partial charge in [0.1, 0.15) is 10.6 Å². The second-order valence-electron chi connectivity index (χ2n) is 3.45. The van der Waals surface area contributed by atoms with Gasteiger partial charge in [0.2, 0.25) is 0 Å². The van der Waals surface area contributed by atoms with Crippen molar-refractivity contribution in [1.29, 1.82) is 0 Å². The fourth-order valence-electron chi connectivity index (χ4n) is 1.38. The highest BCUT2D eigenvalue weighted by Gasteiger charge is 2.18. The Kier molecular flexibility index (Phi) is 4.93. The molecule has 0 heterocycles. The van der Waals surface area contributed by atoms with Crippen LogP contribution >= 0.6 is 15.9 Å². The minimum absolute atomic E-state index is 0.249. The van der Waals surface area contributed by atoms with E-state index in [1.54, 1.807) is 19.9 Å². The first-order valence-corrected chi connectivity index (χ1v) is 6.02.